The van der Waals surface area contributed by atoms with Gasteiger partial charge in [-0.05, 0) is 43.9 Å². The number of benzene rings is 2. The van der Waals surface area contributed by atoms with Crippen molar-refractivity contribution in [3.05, 3.63) is 75.3 Å². The molecule has 0 atom stereocenters. The number of allylic oxidation sites excluding steroid dienone is 1. The summed E-state index contributed by atoms with van der Waals surface area (Å²) in [6.45, 7) is -0.473. The van der Waals surface area contributed by atoms with Gasteiger partial charge in [0.15, 0.2) is 18.2 Å². The fourth-order valence-electron chi connectivity index (χ4n) is 3.67. The molecule has 2 aliphatic rings. The number of ketones is 2. The third-order valence-electron chi connectivity index (χ3n) is 5.19. The Morgan fingerprint density at radius 2 is 1.53 bits per heavy atom. The highest BCUT2D eigenvalue weighted by atomic mass is 35.5. The first-order valence-corrected chi connectivity index (χ1v) is 10.0. The second-order valence-corrected chi connectivity index (χ2v) is 7.64. The van der Waals surface area contributed by atoms with E-state index in [1.807, 2.05) is 0 Å². The number of fused-ring (bicyclic) bond motifs is 2. The van der Waals surface area contributed by atoms with E-state index in [1.165, 1.54) is 18.2 Å². The average molecular weight is 424 g/mol. The van der Waals surface area contributed by atoms with Gasteiger partial charge in [-0.3, -0.25) is 14.4 Å². The summed E-state index contributed by atoms with van der Waals surface area (Å²) in [7, 11) is 0. The number of esters is 1. The molecule has 0 saturated carbocycles. The molecular formula is C23H18ClNO5. The Kier molecular flexibility index (Phi) is 5.50. The summed E-state index contributed by atoms with van der Waals surface area (Å²) in [5, 5.41) is 3.08. The number of carbonyl (C=O) groups is 4. The molecule has 4 rings (SSSR count). The lowest BCUT2D eigenvalue weighted by Gasteiger charge is -2.18. The Labute approximate surface area is 177 Å². The van der Waals surface area contributed by atoms with Crippen molar-refractivity contribution in [3.8, 4) is 0 Å². The molecule has 2 aliphatic carbocycles. The molecule has 0 bridgehead atoms. The van der Waals surface area contributed by atoms with Gasteiger partial charge in [-0.1, -0.05) is 35.9 Å². The van der Waals surface area contributed by atoms with Crippen LogP contribution in [-0.2, 0) is 14.3 Å². The summed E-state index contributed by atoms with van der Waals surface area (Å²) in [6.07, 6.45) is 2.98. The number of nitrogens with one attached hydrogen (secondary N) is 1. The highest BCUT2D eigenvalue weighted by Crippen LogP contribution is 2.30. The van der Waals surface area contributed by atoms with E-state index in [-0.39, 0.29) is 17.1 Å². The van der Waals surface area contributed by atoms with E-state index in [0.717, 1.165) is 12.8 Å². The molecule has 152 valence electrons. The van der Waals surface area contributed by atoms with Gasteiger partial charge in [-0.25, -0.2) is 4.79 Å². The molecule has 0 fully saturated rings. The quantitative estimate of drug-likeness (QED) is 0.640. The third-order valence-corrected chi connectivity index (χ3v) is 5.61. The molecule has 0 aromatic heterocycles. The maximum atomic E-state index is 12.8. The van der Waals surface area contributed by atoms with Crippen LogP contribution in [0, 0.1) is 0 Å². The van der Waals surface area contributed by atoms with Crippen molar-refractivity contribution in [2.45, 2.75) is 25.7 Å². The number of hydrogen-bond donors (Lipinski definition) is 1. The second-order valence-electron chi connectivity index (χ2n) is 7.18. The minimum Gasteiger partial charge on any atom is -0.452 e. The van der Waals surface area contributed by atoms with E-state index < -0.39 is 18.5 Å². The number of ether oxygens (including phenoxy) is 1. The monoisotopic (exact) mass is 423 g/mol. The Balaban J connectivity index is 1.45. The highest BCUT2D eigenvalue weighted by molar-refractivity contribution is 6.31. The predicted molar refractivity (Wildman–Crippen MR) is 111 cm³/mol. The van der Waals surface area contributed by atoms with Gasteiger partial charge in [0.05, 0.1) is 5.57 Å². The third kappa shape index (κ3) is 3.78. The Bertz CT molecular complexity index is 1120. The highest BCUT2D eigenvalue weighted by Gasteiger charge is 2.29. The zero-order chi connectivity index (χ0) is 21.3. The Morgan fingerprint density at radius 3 is 2.23 bits per heavy atom. The normalized spacial score (nSPS) is 15.4. The summed E-state index contributed by atoms with van der Waals surface area (Å²) in [6, 6.07) is 11.2. The molecule has 7 heteroatoms. The van der Waals surface area contributed by atoms with Crippen molar-refractivity contribution in [1.82, 2.24) is 0 Å². The molecule has 0 aliphatic heterocycles. The van der Waals surface area contributed by atoms with E-state index in [2.05, 4.69) is 5.32 Å². The fourth-order valence-corrected chi connectivity index (χ4v) is 3.98. The Morgan fingerprint density at radius 1 is 0.900 bits per heavy atom. The van der Waals surface area contributed by atoms with Gasteiger partial charge in [0.25, 0.3) is 5.91 Å². The minimum atomic E-state index is -0.585. The molecule has 0 saturated heterocycles. The Hall–Kier alpha value is -3.25. The SMILES string of the molecule is O=C(COC(=O)C1=C(Cl)CCCC1)Nc1ccc2c(c1)C(=O)c1ccccc1C2=O. The van der Waals surface area contributed by atoms with Crippen LogP contribution in [0.25, 0.3) is 0 Å². The summed E-state index contributed by atoms with van der Waals surface area (Å²) in [5.41, 5.74) is 1.99. The van der Waals surface area contributed by atoms with Gasteiger partial charge in [0.2, 0.25) is 0 Å². The molecule has 1 N–H and O–H groups in total. The van der Waals surface area contributed by atoms with Crippen molar-refractivity contribution in [2.75, 3.05) is 11.9 Å². The van der Waals surface area contributed by atoms with Crippen LogP contribution in [0.5, 0.6) is 0 Å². The molecule has 1 amide bonds. The number of anilines is 1. The van der Waals surface area contributed by atoms with E-state index in [9.17, 15) is 19.2 Å². The van der Waals surface area contributed by atoms with Crippen molar-refractivity contribution < 1.29 is 23.9 Å². The first-order chi connectivity index (χ1) is 14.5. The van der Waals surface area contributed by atoms with Gasteiger partial charge in [-0.15, -0.1) is 0 Å². The summed E-state index contributed by atoms with van der Waals surface area (Å²) < 4.78 is 5.07. The maximum absolute atomic E-state index is 12.8. The van der Waals surface area contributed by atoms with Crippen LogP contribution in [0.15, 0.2) is 53.1 Å². The number of halogens is 1. The van der Waals surface area contributed by atoms with E-state index in [4.69, 9.17) is 16.3 Å². The van der Waals surface area contributed by atoms with Crippen molar-refractivity contribution >= 4 is 40.7 Å². The van der Waals surface area contributed by atoms with Crippen LogP contribution < -0.4 is 5.32 Å². The summed E-state index contributed by atoms with van der Waals surface area (Å²) >= 11 is 6.07. The molecule has 30 heavy (non-hydrogen) atoms. The van der Waals surface area contributed by atoms with E-state index in [1.54, 1.807) is 24.3 Å². The topological polar surface area (TPSA) is 89.5 Å². The van der Waals surface area contributed by atoms with Crippen molar-refractivity contribution in [3.63, 3.8) is 0 Å². The largest absolute Gasteiger partial charge is 0.452 e. The number of rotatable bonds is 4. The zero-order valence-corrected chi connectivity index (χ0v) is 16.8. The van der Waals surface area contributed by atoms with Gasteiger partial charge in [-0.2, -0.15) is 0 Å². The molecule has 6 nitrogen and oxygen atoms in total. The van der Waals surface area contributed by atoms with E-state index in [0.29, 0.717) is 45.8 Å². The van der Waals surface area contributed by atoms with Gasteiger partial charge in [0.1, 0.15) is 0 Å². The van der Waals surface area contributed by atoms with Crippen molar-refractivity contribution in [2.24, 2.45) is 0 Å². The number of amides is 1. The first-order valence-electron chi connectivity index (χ1n) is 9.62. The summed E-state index contributed by atoms with van der Waals surface area (Å²) in [4.78, 5) is 49.7. The average Bonchev–Trinajstić information content (AvgIpc) is 2.76. The molecule has 2 aromatic rings. The maximum Gasteiger partial charge on any atom is 0.335 e. The lowest BCUT2D eigenvalue weighted by atomic mass is 9.84. The zero-order valence-electron chi connectivity index (χ0n) is 16.0. The van der Waals surface area contributed by atoms with Crippen molar-refractivity contribution in [1.29, 1.82) is 0 Å². The van der Waals surface area contributed by atoms with Gasteiger partial charge >= 0.3 is 5.97 Å². The van der Waals surface area contributed by atoms with Crippen LogP contribution in [-0.4, -0.2) is 30.0 Å². The lowest BCUT2D eigenvalue weighted by Crippen LogP contribution is -2.24. The van der Waals surface area contributed by atoms with Crippen LogP contribution in [0.4, 0.5) is 5.69 Å². The first kappa shape index (κ1) is 20.0. The van der Waals surface area contributed by atoms with Crippen LogP contribution in [0.3, 0.4) is 0 Å². The minimum absolute atomic E-state index is 0.229. The molecule has 0 radical (unpaired) electrons. The molecule has 0 unspecified atom stereocenters. The predicted octanol–water partition coefficient (Wildman–Crippen LogP) is 4.01. The van der Waals surface area contributed by atoms with Crippen LogP contribution in [0.2, 0.25) is 0 Å². The fraction of sp³-hybridized carbons (Fsp3) is 0.217. The standard InChI is InChI=1S/C23H18ClNO5/c24-19-8-4-3-7-17(19)23(29)30-12-20(26)25-13-9-10-16-18(11-13)22(28)15-6-2-1-5-14(15)21(16)27/h1-2,5-6,9-11H,3-4,7-8,12H2,(H,25,26). The lowest BCUT2D eigenvalue weighted by molar-refractivity contribution is -0.143. The molecule has 0 heterocycles. The number of hydrogen-bond acceptors (Lipinski definition) is 5. The van der Waals surface area contributed by atoms with E-state index >= 15 is 0 Å². The van der Waals surface area contributed by atoms with Crippen LogP contribution >= 0.6 is 11.6 Å². The van der Waals surface area contributed by atoms with Crippen LogP contribution in [0.1, 0.15) is 57.5 Å². The number of carbonyl (C=O) groups excluding carboxylic acids is 4. The smallest absolute Gasteiger partial charge is 0.335 e. The molecular weight excluding hydrogens is 406 g/mol. The second kappa shape index (κ2) is 8.24. The molecule has 2 aromatic carbocycles. The van der Waals surface area contributed by atoms with Gasteiger partial charge < -0.3 is 10.1 Å². The van der Waals surface area contributed by atoms with Gasteiger partial charge in [0, 0.05) is 33.0 Å². The molecule has 0 spiro atoms. The summed E-state index contributed by atoms with van der Waals surface area (Å²) in [5.74, 6) is -1.64.